The Morgan fingerprint density at radius 1 is 1.26 bits per heavy atom. The van der Waals surface area contributed by atoms with Crippen LogP contribution in [0.5, 0.6) is 5.75 Å². The molecule has 0 saturated heterocycles. The van der Waals surface area contributed by atoms with Crippen LogP contribution in [0.3, 0.4) is 0 Å². The number of phenolic OH excluding ortho intramolecular Hbond substituents is 1. The molecule has 0 saturated carbocycles. The van der Waals surface area contributed by atoms with Crippen molar-refractivity contribution in [1.82, 2.24) is 0 Å². The van der Waals surface area contributed by atoms with Gasteiger partial charge in [-0.15, -0.1) is 0 Å². The summed E-state index contributed by atoms with van der Waals surface area (Å²) < 4.78 is 0. The van der Waals surface area contributed by atoms with E-state index in [2.05, 4.69) is 16.0 Å². The van der Waals surface area contributed by atoms with E-state index in [1.54, 1.807) is 6.21 Å². The molecule has 2 aliphatic heterocycles. The zero-order chi connectivity index (χ0) is 13.2. The summed E-state index contributed by atoms with van der Waals surface area (Å²) in [6, 6.07) is 2.06. The molecule has 1 aromatic carbocycles. The lowest BCUT2D eigenvalue weighted by atomic mass is 9.89. The van der Waals surface area contributed by atoms with Crippen LogP contribution >= 0.6 is 0 Å². The monoisotopic (exact) mass is 260 g/mol. The number of aromatic hydroxyl groups is 1. The number of rotatable bonds is 3. The molecule has 19 heavy (non-hydrogen) atoms. The highest BCUT2D eigenvalue weighted by molar-refractivity contribution is 5.87. The number of hydrogen-bond acceptors (Lipinski definition) is 4. The minimum Gasteiger partial charge on any atom is -0.507 e. The Bertz CT molecular complexity index is 509. The van der Waals surface area contributed by atoms with E-state index < -0.39 is 0 Å². The molecular formula is C15H20N2O2. The lowest BCUT2D eigenvalue weighted by molar-refractivity contribution is 0.307. The van der Waals surface area contributed by atoms with Gasteiger partial charge in [0.1, 0.15) is 5.75 Å². The molecule has 0 bridgehead atoms. The first-order valence-corrected chi connectivity index (χ1v) is 7.04. The zero-order valence-electron chi connectivity index (χ0n) is 11.1. The molecule has 0 spiro atoms. The van der Waals surface area contributed by atoms with Crippen LogP contribution in [-0.4, -0.2) is 42.7 Å². The SMILES string of the molecule is OCCN=Cc1cc2c3c(c1O)CCCN3CCC2. The molecule has 0 aromatic heterocycles. The van der Waals surface area contributed by atoms with Crippen molar-refractivity contribution in [2.45, 2.75) is 25.7 Å². The highest BCUT2D eigenvalue weighted by Gasteiger charge is 2.27. The third kappa shape index (κ3) is 2.21. The first kappa shape index (κ1) is 12.5. The number of aliphatic hydroxyl groups is 1. The van der Waals surface area contributed by atoms with E-state index in [0.717, 1.165) is 43.5 Å². The summed E-state index contributed by atoms with van der Waals surface area (Å²) >= 11 is 0. The highest BCUT2D eigenvalue weighted by Crippen LogP contribution is 2.41. The predicted octanol–water partition coefficient (Wildman–Crippen LogP) is 1.50. The van der Waals surface area contributed by atoms with Crippen molar-refractivity contribution in [2.75, 3.05) is 31.1 Å². The van der Waals surface area contributed by atoms with Crippen molar-refractivity contribution in [3.05, 3.63) is 22.8 Å². The third-order valence-electron chi connectivity index (χ3n) is 3.98. The van der Waals surface area contributed by atoms with Crippen molar-refractivity contribution < 1.29 is 10.2 Å². The quantitative estimate of drug-likeness (QED) is 0.810. The van der Waals surface area contributed by atoms with Gasteiger partial charge in [0.25, 0.3) is 0 Å². The zero-order valence-corrected chi connectivity index (χ0v) is 11.1. The van der Waals surface area contributed by atoms with Crippen LogP contribution in [-0.2, 0) is 12.8 Å². The Morgan fingerprint density at radius 3 is 2.84 bits per heavy atom. The molecule has 2 aliphatic rings. The predicted molar refractivity (Wildman–Crippen MR) is 76.5 cm³/mol. The molecule has 2 N–H and O–H groups in total. The minimum absolute atomic E-state index is 0.0445. The van der Waals surface area contributed by atoms with Crippen molar-refractivity contribution in [3.63, 3.8) is 0 Å². The number of anilines is 1. The summed E-state index contributed by atoms with van der Waals surface area (Å²) in [6.07, 6.45) is 6.02. The van der Waals surface area contributed by atoms with Gasteiger partial charge >= 0.3 is 0 Å². The van der Waals surface area contributed by atoms with E-state index >= 15 is 0 Å². The number of aliphatic hydroxyl groups excluding tert-OH is 1. The van der Waals surface area contributed by atoms with Gasteiger partial charge < -0.3 is 15.1 Å². The molecule has 0 atom stereocenters. The summed E-state index contributed by atoms with van der Waals surface area (Å²) in [6.45, 7) is 2.65. The maximum Gasteiger partial charge on any atom is 0.129 e. The van der Waals surface area contributed by atoms with Crippen molar-refractivity contribution in [2.24, 2.45) is 4.99 Å². The molecule has 0 radical (unpaired) electrons. The number of nitrogens with zero attached hydrogens (tertiary/aromatic N) is 2. The molecule has 0 aliphatic carbocycles. The Hall–Kier alpha value is -1.55. The van der Waals surface area contributed by atoms with E-state index in [0.29, 0.717) is 12.3 Å². The number of hydrogen-bond donors (Lipinski definition) is 2. The van der Waals surface area contributed by atoms with Gasteiger partial charge in [-0.25, -0.2) is 0 Å². The highest BCUT2D eigenvalue weighted by atomic mass is 16.3. The molecule has 4 heteroatoms. The smallest absolute Gasteiger partial charge is 0.129 e. The molecule has 102 valence electrons. The van der Waals surface area contributed by atoms with Crippen molar-refractivity contribution >= 4 is 11.9 Å². The van der Waals surface area contributed by atoms with E-state index in [-0.39, 0.29) is 6.61 Å². The van der Waals surface area contributed by atoms with Gasteiger partial charge in [0.05, 0.1) is 13.2 Å². The molecule has 0 amide bonds. The Balaban J connectivity index is 2.04. The van der Waals surface area contributed by atoms with Gasteiger partial charge in [-0.3, -0.25) is 4.99 Å². The fourth-order valence-corrected chi connectivity index (χ4v) is 3.19. The molecule has 1 aromatic rings. The van der Waals surface area contributed by atoms with E-state index in [4.69, 9.17) is 5.11 Å². The third-order valence-corrected chi connectivity index (χ3v) is 3.98. The molecule has 0 fully saturated rings. The number of phenols is 1. The summed E-state index contributed by atoms with van der Waals surface area (Å²) in [4.78, 5) is 6.54. The summed E-state index contributed by atoms with van der Waals surface area (Å²) in [5.74, 6) is 0.382. The number of aliphatic imine (C=N–C) groups is 1. The second-order valence-corrected chi connectivity index (χ2v) is 5.25. The normalized spacial score (nSPS) is 17.8. The fraction of sp³-hybridized carbons (Fsp3) is 0.533. The average Bonchev–Trinajstić information content (AvgIpc) is 2.44. The standard InChI is InChI=1S/C15H20N2O2/c18-8-5-16-10-12-9-11-3-1-6-17-7-2-4-13(14(11)17)15(12)19/h9-10,18-19H,1-8H2. The fourth-order valence-electron chi connectivity index (χ4n) is 3.19. The van der Waals surface area contributed by atoms with Crippen LogP contribution in [0.4, 0.5) is 5.69 Å². The van der Waals surface area contributed by atoms with Gasteiger partial charge in [-0.05, 0) is 37.3 Å². The van der Waals surface area contributed by atoms with Crippen LogP contribution in [0.2, 0.25) is 0 Å². The molecule has 4 nitrogen and oxygen atoms in total. The molecule has 0 unspecified atom stereocenters. The van der Waals surface area contributed by atoms with Crippen molar-refractivity contribution in [1.29, 1.82) is 0 Å². The van der Waals surface area contributed by atoms with Gasteiger partial charge in [0.2, 0.25) is 0 Å². The maximum absolute atomic E-state index is 10.4. The number of aryl methyl sites for hydroxylation is 1. The number of benzene rings is 1. The van der Waals surface area contributed by atoms with Crippen LogP contribution in [0, 0.1) is 0 Å². The largest absolute Gasteiger partial charge is 0.507 e. The molecular weight excluding hydrogens is 240 g/mol. The Morgan fingerprint density at radius 2 is 2.05 bits per heavy atom. The van der Waals surface area contributed by atoms with Crippen LogP contribution in [0.25, 0.3) is 0 Å². The van der Waals surface area contributed by atoms with Crippen LogP contribution < -0.4 is 4.90 Å². The maximum atomic E-state index is 10.4. The van der Waals surface area contributed by atoms with Crippen molar-refractivity contribution in [3.8, 4) is 5.75 Å². The van der Waals surface area contributed by atoms with Crippen LogP contribution in [0.1, 0.15) is 29.5 Å². The van der Waals surface area contributed by atoms with Crippen LogP contribution in [0.15, 0.2) is 11.1 Å². The van der Waals surface area contributed by atoms with E-state index in [1.807, 2.05) is 0 Å². The summed E-state index contributed by atoms with van der Waals surface area (Å²) in [5.41, 5.74) is 4.50. The average molecular weight is 260 g/mol. The molecule has 3 rings (SSSR count). The Kier molecular flexibility index (Phi) is 3.42. The Labute approximate surface area is 113 Å². The second kappa shape index (κ2) is 5.21. The lowest BCUT2D eigenvalue weighted by Crippen LogP contribution is -2.34. The first-order valence-electron chi connectivity index (χ1n) is 7.04. The van der Waals surface area contributed by atoms with Gasteiger partial charge in [-0.1, -0.05) is 0 Å². The van der Waals surface area contributed by atoms with E-state index in [9.17, 15) is 5.11 Å². The molecule has 2 heterocycles. The first-order chi connectivity index (χ1) is 9.31. The topological polar surface area (TPSA) is 56.1 Å². The minimum atomic E-state index is 0.0445. The summed E-state index contributed by atoms with van der Waals surface area (Å²) in [7, 11) is 0. The summed E-state index contributed by atoms with van der Waals surface area (Å²) in [5, 5.41) is 19.2. The lowest BCUT2D eigenvalue weighted by Gasteiger charge is -2.37. The van der Waals surface area contributed by atoms with E-state index in [1.165, 1.54) is 17.7 Å². The van der Waals surface area contributed by atoms with Gasteiger partial charge in [0, 0.05) is 36.1 Å². The van der Waals surface area contributed by atoms with Gasteiger partial charge in [0.15, 0.2) is 0 Å². The van der Waals surface area contributed by atoms with Gasteiger partial charge in [-0.2, -0.15) is 0 Å². The second-order valence-electron chi connectivity index (χ2n) is 5.25.